The highest BCUT2D eigenvalue weighted by Crippen LogP contribution is 2.41. The third kappa shape index (κ3) is 6.01. The third-order valence-electron chi connectivity index (χ3n) is 5.84. The van der Waals surface area contributed by atoms with Gasteiger partial charge in [0.05, 0.1) is 14.0 Å². The fourth-order valence-corrected chi connectivity index (χ4v) is 4.03. The molecule has 3 nitrogen and oxygen atoms in total. The first-order valence-electron chi connectivity index (χ1n) is 17.7. The minimum atomic E-state index is -4.92. The highest BCUT2D eigenvalue weighted by atomic mass is 19.4. The molecule has 184 valence electrons. The van der Waals surface area contributed by atoms with E-state index >= 15 is 0 Å². The Morgan fingerprint density at radius 1 is 1.18 bits per heavy atom. The maximum Gasteiger partial charge on any atom is 0.416 e. The molecule has 2 aliphatic rings. The van der Waals surface area contributed by atoms with E-state index in [4.69, 9.17) is 22.7 Å². The lowest BCUT2D eigenvalue weighted by atomic mass is 9.81. The SMILES string of the molecule is [2H]C1C([2H])([2H])N(C([2H])([2H])c2ccc(/C(=N/OC([2H])([2H])c3ccc(C4([2H])CCCCC4)c(C(F)(F)F)c3)C([2H])([2H])[2H])cc2CC)C1([2H])[2H]. The number of halogens is 3. The van der Waals surface area contributed by atoms with Crippen LogP contribution in [0.15, 0.2) is 41.6 Å². The summed E-state index contributed by atoms with van der Waals surface area (Å²) in [5, 5.41) is 3.53. The molecular weight excluding hydrogens is 437 g/mol. The van der Waals surface area contributed by atoms with E-state index in [0.717, 1.165) is 30.7 Å². The van der Waals surface area contributed by atoms with Crippen molar-refractivity contribution in [1.82, 2.24) is 4.90 Å². The molecule has 0 radical (unpaired) electrons. The normalized spacial score (nSPS) is 29.4. The molecule has 0 aromatic heterocycles. The Hall–Kier alpha value is -2.34. The summed E-state index contributed by atoms with van der Waals surface area (Å²) in [6.45, 7) is -12.6. The summed E-state index contributed by atoms with van der Waals surface area (Å²) in [6, 6.07) is 6.08. The molecule has 1 saturated heterocycles. The van der Waals surface area contributed by atoms with Crippen LogP contribution in [0.3, 0.4) is 0 Å². The van der Waals surface area contributed by atoms with Crippen molar-refractivity contribution in [2.45, 2.75) is 83.8 Å². The van der Waals surface area contributed by atoms with Crippen LogP contribution in [0.2, 0.25) is 0 Å². The molecule has 1 aliphatic carbocycles. The van der Waals surface area contributed by atoms with Crippen LogP contribution in [-0.4, -0.2) is 23.6 Å². The monoisotopic (exact) mass is 485 g/mol. The van der Waals surface area contributed by atoms with Crippen molar-refractivity contribution in [2.24, 2.45) is 5.16 Å². The first kappa shape index (κ1) is 13.1. The molecule has 2 aromatic rings. The topological polar surface area (TPSA) is 24.8 Å². The van der Waals surface area contributed by atoms with Gasteiger partial charge in [-0.1, -0.05) is 55.6 Å². The summed E-state index contributed by atoms with van der Waals surface area (Å²) < 4.78 is 149. The van der Waals surface area contributed by atoms with Crippen LogP contribution in [0.25, 0.3) is 0 Å². The number of alkyl halides is 3. The fraction of sp³-hybridized carbons (Fsp3) is 0.536. The first-order chi connectivity index (χ1) is 21.3. The van der Waals surface area contributed by atoms with Gasteiger partial charge in [0, 0.05) is 21.6 Å². The predicted octanol–water partition coefficient (Wildman–Crippen LogP) is 7.46. The lowest BCUT2D eigenvalue weighted by Gasteiger charge is -2.31. The Kier molecular flexibility index (Phi) is 4.21. The fourth-order valence-electron chi connectivity index (χ4n) is 4.03. The van der Waals surface area contributed by atoms with Gasteiger partial charge in [-0.05, 0) is 91.3 Å². The molecule has 0 N–H and O–H groups in total. The van der Waals surface area contributed by atoms with Gasteiger partial charge in [0.25, 0.3) is 0 Å². The molecule has 0 spiro atoms. The Balaban J connectivity index is 1.72. The second-order valence-electron chi connectivity index (χ2n) is 8.13. The van der Waals surface area contributed by atoms with Crippen molar-refractivity contribution in [3.05, 3.63) is 69.8 Å². The average Bonchev–Trinajstić information content (AvgIpc) is 2.95. The van der Waals surface area contributed by atoms with Gasteiger partial charge in [-0.2, -0.15) is 13.2 Å². The number of aryl methyl sites for hydroxylation is 1. The standard InChI is InChI=1S/C28H35F3N2O/c1-3-22-17-24(11-12-25(22)18-33-14-7-15-33)20(2)32-34-19-21-10-13-26(23-8-5-4-6-9-23)27(16-21)28(29,30)31/h10-13,16-17,23H,3-9,14-15,18-19H2,1-2H3/b32-20+/i2D3,7D,14D2,15D2,18D2,19D2,23D. The number of likely N-dealkylation sites (tertiary alicyclic amines) is 1. The molecule has 0 atom stereocenters. The molecule has 0 bridgehead atoms. The van der Waals surface area contributed by atoms with E-state index in [9.17, 15) is 13.2 Å². The van der Waals surface area contributed by atoms with Crippen molar-refractivity contribution in [1.29, 1.82) is 0 Å². The molecule has 0 amide bonds. The van der Waals surface area contributed by atoms with Crippen molar-refractivity contribution in [3.8, 4) is 0 Å². The number of rotatable bonds is 8. The lowest BCUT2D eigenvalue weighted by Crippen LogP contribution is -2.36. The molecule has 2 aromatic carbocycles. The van der Waals surface area contributed by atoms with Crippen molar-refractivity contribution >= 4 is 5.71 Å². The largest absolute Gasteiger partial charge is 0.416 e. The highest BCUT2D eigenvalue weighted by Gasteiger charge is 2.35. The van der Waals surface area contributed by atoms with Crippen LogP contribution in [0.1, 0.15) is 109 Å². The molecular formula is C28H35F3N2O. The van der Waals surface area contributed by atoms with E-state index in [1.165, 1.54) is 6.07 Å². The van der Waals surface area contributed by atoms with Gasteiger partial charge in [0.1, 0.15) is 6.56 Å². The minimum Gasteiger partial charge on any atom is -0.391 e. The van der Waals surface area contributed by atoms with Crippen molar-refractivity contribution < 1.29 is 35.8 Å². The molecule has 1 saturated carbocycles. The maximum atomic E-state index is 14.2. The molecule has 4 rings (SSSR count). The second-order valence-corrected chi connectivity index (χ2v) is 8.13. The number of hydrogen-bond acceptors (Lipinski definition) is 3. The molecule has 1 aliphatic heterocycles. The van der Waals surface area contributed by atoms with E-state index in [1.54, 1.807) is 6.92 Å². The van der Waals surface area contributed by atoms with Crippen LogP contribution in [0.4, 0.5) is 13.2 Å². The van der Waals surface area contributed by atoms with Crippen LogP contribution >= 0.6 is 0 Å². The van der Waals surface area contributed by atoms with Gasteiger partial charge in [-0.15, -0.1) is 0 Å². The maximum absolute atomic E-state index is 14.2. The highest BCUT2D eigenvalue weighted by molar-refractivity contribution is 5.98. The van der Waals surface area contributed by atoms with Gasteiger partial charge >= 0.3 is 6.18 Å². The molecule has 2 fully saturated rings. The summed E-state index contributed by atoms with van der Waals surface area (Å²) in [5.41, 5.74) is -3.12. The molecule has 6 heteroatoms. The number of nitrogens with zero attached hydrogens (tertiary/aromatic N) is 2. The number of oxime groups is 1. The van der Waals surface area contributed by atoms with Gasteiger partial charge in [0.15, 0.2) is 0 Å². The third-order valence-corrected chi connectivity index (χ3v) is 5.84. The van der Waals surface area contributed by atoms with E-state index in [2.05, 4.69) is 5.16 Å². The van der Waals surface area contributed by atoms with E-state index in [-0.39, 0.29) is 41.5 Å². The second kappa shape index (κ2) is 10.9. The van der Waals surface area contributed by atoms with Crippen molar-refractivity contribution in [3.63, 3.8) is 0 Å². The number of benzene rings is 2. The van der Waals surface area contributed by atoms with Crippen LogP contribution in [0, 0.1) is 0 Å². The Morgan fingerprint density at radius 2 is 1.97 bits per heavy atom. The van der Waals surface area contributed by atoms with Gasteiger partial charge in [-0.3, -0.25) is 4.90 Å². The average molecular weight is 486 g/mol. The quantitative estimate of drug-likeness (QED) is 0.286. The first-order valence-corrected chi connectivity index (χ1v) is 11.2. The molecule has 34 heavy (non-hydrogen) atoms. The summed E-state index contributed by atoms with van der Waals surface area (Å²) in [4.78, 5) is 5.28. The zero-order valence-corrected chi connectivity index (χ0v) is 18.7. The van der Waals surface area contributed by atoms with Crippen molar-refractivity contribution in [2.75, 3.05) is 13.0 Å². The van der Waals surface area contributed by atoms with Gasteiger partial charge in [-0.25, -0.2) is 0 Å². The van der Waals surface area contributed by atoms with E-state index < -0.39 is 68.2 Å². The Labute approximate surface area is 219 Å². The number of hydrogen-bond donors (Lipinski definition) is 0. The Bertz CT molecular complexity index is 1500. The van der Waals surface area contributed by atoms with E-state index in [1.807, 2.05) is 0 Å². The summed E-state index contributed by atoms with van der Waals surface area (Å²) in [5.74, 6) is -1.50. The smallest absolute Gasteiger partial charge is 0.391 e. The predicted molar refractivity (Wildman–Crippen MR) is 130 cm³/mol. The molecule has 0 unspecified atom stereocenters. The summed E-state index contributed by atoms with van der Waals surface area (Å²) in [7, 11) is 0. The molecule has 1 heterocycles. The van der Waals surface area contributed by atoms with Crippen LogP contribution < -0.4 is 0 Å². The zero-order valence-electron chi connectivity index (χ0n) is 31.7. The summed E-state index contributed by atoms with van der Waals surface area (Å²) in [6.07, 6.45) is -4.35. The summed E-state index contributed by atoms with van der Waals surface area (Å²) >= 11 is 0. The van der Waals surface area contributed by atoms with E-state index in [0.29, 0.717) is 23.8 Å². The Morgan fingerprint density at radius 3 is 2.68 bits per heavy atom. The lowest BCUT2D eigenvalue weighted by molar-refractivity contribution is -0.138. The van der Waals surface area contributed by atoms with Crippen LogP contribution in [-0.2, 0) is 30.5 Å². The van der Waals surface area contributed by atoms with Crippen LogP contribution in [0.5, 0.6) is 0 Å². The van der Waals surface area contributed by atoms with Gasteiger partial charge < -0.3 is 4.84 Å². The zero-order chi connectivity index (χ0) is 35.6. The van der Waals surface area contributed by atoms with Gasteiger partial charge in [0.2, 0.25) is 0 Å². The minimum absolute atomic E-state index is 0.0624.